The summed E-state index contributed by atoms with van der Waals surface area (Å²) in [6.07, 6.45) is 2.33. The van der Waals surface area contributed by atoms with Gasteiger partial charge in [-0.25, -0.2) is 0 Å². The van der Waals surface area contributed by atoms with Crippen LogP contribution in [0.1, 0.15) is 61.7 Å². The van der Waals surface area contributed by atoms with Gasteiger partial charge in [-0.3, -0.25) is 29.2 Å². The first-order valence-corrected chi connectivity index (χ1v) is 11.3. The van der Waals surface area contributed by atoms with Crippen molar-refractivity contribution in [3.63, 3.8) is 0 Å². The maximum Gasteiger partial charge on any atom is 0.322 e. The molecular weight excluding hydrogens is 434 g/mol. The second-order valence-corrected chi connectivity index (χ2v) is 9.74. The van der Waals surface area contributed by atoms with Gasteiger partial charge in [0.15, 0.2) is 5.78 Å². The number of carbonyl (C=O) groups excluding carboxylic acids is 3. The van der Waals surface area contributed by atoms with Gasteiger partial charge < -0.3 is 9.80 Å². The van der Waals surface area contributed by atoms with Crippen molar-refractivity contribution >= 4 is 34.6 Å². The maximum absolute atomic E-state index is 13.1. The van der Waals surface area contributed by atoms with Crippen molar-refractivity contribution in [2.45, 2.75) is 33.1 Å². The Morgan fingerprint density at radius 2 is 1.66 bits per heavy atom. The van der Waals surface area contributed by atoms with Crippen LogP contribution in [0, 0.1) is 22.5 Å². The molecule has 1 spiro atoms. The largest absolute Gasteiger partial charge is 0.338 e. The molecule has 2 fully saturated rings. The summed E-state index contributed by atoms with van der Waals surface area (Å²) < 4.78 is 1.29. The summed E-state index contributed by atoms with van der Waals surface area (Å²) in [4.78, 5) is 53.0. The molecular formula is C21H25N5O5S. The molecule has 32 heavy (non-hydrogen) atoms. The van der Waals surface area contributed by atoms with Gasteiger partial charge in [-0.1, -0.05) is 0 Å². The lowest BCUT2D eigenvalue weighted by Crippen LogP contribution is -2.44. The van der Waals surface area contributed by atoms with Crippen molar-refractivity contribution in [3.8, 4) is 0 Å². The van der Waals surface area contributed by atoms with Crippen molar-refractivity contribution in [2.75, 3.05) is 26.2 Å². The highest BCUT2D eigenvalue weighted by Crippen LogP contribution is 2.41. The van der Waals surface area contributed by atoms with Crippen LogP contribution in [0.3, 0.4) is 0 Å². The molecule has 2 aromatic heterocycles. The van der Waals surface area contributed by atoms with Crippen molar-refractivity contribution in [3.05, 3.63) is 43.4 Å². The number of nitrogens with zero attached hydrogens (tertiary/aromatic N) is 5. The second kappa shape index (κ2) is 8.12. The fraction of sp³-hybridized carbons (Fsp3) is 0.524. The lowest BCUT2D eigenvalue weighted by Gasteiger charge is -2.39. The summed E-state index contributed by atoms with van der Waals surface area (Å²) in [6, 6.07) is 3.39. The van der Waals surface area contributed by atoms with Crippen LogP contribution < -0.4 is 0 Å². The van der Waals surface area contributed by atoms with E-state index in [4.69, 9.17) is 0 Å². The fourth-order valence-corrected chi connectivity index (χ4v) is 5.62. The Morgan fingerprint density at radius 3 is 2.22 bits per heavy atom. The molecule has 11 heteroatoms. The number of amides is 2. The molecule has 170 valence electrons. The Bertz CT molecular complexity index is 1110. The molecule has 0 unspecified atom stereocenters. The average molecular weight is 460 g/mol. The standard InChI is InChI=1S/C21H25N5O5S/c1-13-17(26(30)31)18(23(3)22-13)20(29)25-11-8-21(12-25)6-9-24(10-7-21)19(28)16-5-4-15(32-16)14(2)27/h4-5H,6-12H2,1-3H3. The van der Waals surface area contributed by atoms with Gasteiger partial charge in [-0.2, -0.15) is 5.10 Å². The molecule has 2 aliphatic rings. The molecule has 4 heterocycles. The number of rotatable bonds is 4. The topological polar surface area (TPSA) is 119 Å². The summed E-state index contributed by atoms with van der Waals surface area (Å²) in [5.41, 5.74) is -0.0894. The van der Waals surface area contributed by atoms with Gasteiger partial charge in [-0.15, -0.1) is 11.3 Å². The minimum Gasteiger partial charge on any atom is -0.338 e. The fourth-order valence-electron chi connectivity index (χ4n) is 4.75. The van der Waals surface area contributed by atoms with E-state index in [-0.39, 0.29) is 40.1 Å². The number of aromatic nitrogens is 2. The summed E-state index contributed by atoms with van der Waals surface area (Å²) in [5, 5.41) is 15.5. The van der Waals surface area contributed by atoms with Crippen LogP contribution in [0.4, 0.5) is 5.69 Å². The van der Waals surface area contributed by atoms with E-state index in [1.165, 1.54) is 29.9 Å². The Morgan fingerprint density at radius 1 is 1.06 bits per heavy atom. The Kier molecular flexibility index (Phi) is 5.61. The van der Waals surface area contributed by atoms with E-state index in [1.54, 1.807) is 29.0 Å². The van der Waals surface area contributed by atoms with Crippen molar-refractivity contribution in [1.29, 1.82) is 0 Å². The molecule has 2 aromatic rings. The number of piperidine rings is 1. The lowest BCUT2D eigenvalue weighted by molar-refractivity contribution is -0.385. The van der Waals surface area contributed by atoms with E-state index in [0.717, 1.165) is 19.3 Å². The second-order valence-electron chi connectivity index (χ2n) is 8.65. The predicted octanol–water partition coefficient (Wildman–Crippen LogP) is 2.67. The quantitative estimate of drug-likeness (QED) is 0.394. The minimum absolute atomic E-state index is 0.0103. The third kappa shape index (κ3) is 3.81. The highest BCUT2D eigenvalue weighted by atomic mass is 32.1. The van der Waals surface area contributed by atoms with Gasteiger partial charge >= 0.3 is 5.69 Å². The SMILES string of the molecule is CC(=O)c1ccc(C(=O)N2CCC3(CC2)CCN(C(=O)c2c([N+](=O)[O-])c(C)nn2C)C3)s1. The molecule has 2 amide bonds. The van der Waals surface area contributed by atoms with E-state index in [9.17, 15) is 24.5 Å². The van der Waals surface area contributed by atoms with Crippen molar-refractivity contribution < 1.29 is 19.3 Å². The molecule has 0 radical (unpaired) electrons. The first-order chi connectivity index (χ1) is 15.1. The number of hydrogen-bond acceptors (Lipinski definition) is 7. The number of nitro groups is 1. The van der Waals surface area contributed by atoms with Crippen LogP contribution in [0.15, 0.2) is 12.1 Å². The normalized spacial score (nSPS) is 17.7. The smallest absolute Gasteiger partial charge is 0.322 e. The Labute approximate surface area is 188 Å². The van der Waals surface area contributed by atoms with Crippen LogP contribution in [0.5, 0.6) is 0 Å². The molecule has 0 saturated carbocycles. The van der Waals surface area contributed by atoms with Gasteiger partial charge in [0, 0.05) is 33.2 Å². The predicted molar refractivity (Wildman–Crippen MR) is 117 cm³/mol. The van der Waals surface area contributed by atoms with E-state index in [1.807, 2.05) is 0 Å². The minimum atomic E-state index is -0.548. The molecule has 10 nitrogen and oxygen atoms in total. The molecule has 2 aliphatic heterocycles. The van der Waals surface area contributed by atoms with Gasteiger partial charge in [0.25, 0.3) is 11.8 Å². The maximum atomic E-state index is 13.1. The molecule has 0 N–H and O–H groups in total. The highest BCUT2D eigenvalue weighted by Gasteiger charge is 2.44. The van der Waals surface area contributed by atoms with Gasteiger partial charge in [-0.05, 0) is 50.7 Å². The Balaban J connectivity index is 1.42. The molecule has 2 saturated heterocycles. The molecule has 0 aromatic carbocycles. The highest BCUT2D eigenvalue weighted by molar-refractivity contribution is 7.15. The van der Waals surface area contributed by atoms with Crippen LogP contribution in [-0.4, -0.2) is 68.3 Å². The zero-order valence-electron chi connectivity index (χ0n) is 18.3. The molecule has 4 rings (SSSR count). The zero-order valence-corrected chi connectivity index (χ0v) is 19.1. The van der Waals surface area contributed by atoms with Crippen molar-refractivity contribution in [2.24, 2.45) is 12.5 Å². The number of hydrogen-bond donors (Lipinski definition) is 0. The number of aryl methyl sites for hydroxylation is 2. The van der Waals surface area contributed by atoms with Crippen LogP contribution in [0.2, 0.25) is 0 Å². The average Bonchev–Trinajstić information content (AvgIpc) is 3.45. The number of carbonyl (C=O) groups is 3. The van der Waals surface area contributed by atoms with Crippen LogP contribution in [-0.2, 0) is 7.05 Å². The van der Waals surface area contributed by atoms with Gasteiger partial charge in [0.1, 0.15) is 5.69 Å². The third-order valence-electron chi connectivity index (χ3n) is 6.58. The van der Waals surface area contributed by atoms with E-state index < -0.39 is 4.92 Å². The summed E-state index contributed by atoms with van der Waals surface area (Å²) in [7, 11) is 1.55. The Hall–Kier alpha value is -3.08. The number of likely N-dealkylation sites (tertiary alicyclic amines) is 2. The first-order valence-electron chi connectivity index (χ1n) is 10.5. The zero-order chi connectivity index (χ0) is 23.2. The third-order valence-corrected chi connectivity index (χ3v) is 7.75. The summed E-state index contributed by atoms with van der Waals surface area (Å²) in [6.45, 7) is 5.22. The van der Waals surface area contributed by atoms with E-state index >= 15 is 0 Å². The first kappa shape index (κ1) is 22.1. The molecule has 0 bridgehead atoms. The number of ketones is 1. The van der Waals surface area contributed by atoms with E-state index in [0.29, 0.717) is 35.9 Å². The number of Topliss-reactive ketones (excluding diaryl/α,β-unsaturated/α-hetero) is 1. The summed E-state index contributed by atoms with van der Waals surface area (Å²) in [5.74, 6) is -0.485. The lowest BCUT2D eigenvalue weighted by atomic mass is 9.77. The van der Waals surface area contributed by atoms with Crippen molar-refractivity contribution in [1.82, 2.24) is 19.6 Å². The summed E-state index contributed by atoms with van der Waals surface area (Å²) >= 11 is 1.22. The molecule has 0 aliphatic carbocycles. The van der Waals surface area contributed by atoms with Gasteiger partial charge in [0.05, 0.1) is 14.7 Å². The van der Waals surface area contributed by atoms with Crippen LogP contribution >= 0.6 is 11.3 Å². The molecule has 0 atom stereocenters. The van der Waals surface area contributed by atoms with Crippen LogP contribution in [0.25, 0.3) is 0 Å². The van der Waals surface area contributed by atoms with E-state index in [2.05, 4.69) is 5.10 Å². The number of thiophene rings is 1. The monoisotopic (exact) mass is 459 g/mol. The van der Waals surface area contributed by atoms with Gasteiger partial charge in [0.2, 0.25) is 5.69 Å².